The lowest BCUT2D eigenvalue weighted by molar-refractivity contribution is -0.0772. The zero-order chi connectivity index (χ0) is 17.8. The fourth-order valence-corrected chi connectivity index (χ4v) is 5.19. The van der Waals surface area contributed by atoms with Crippen LogP contribution in [0, 0.1) is 5.92 Å². The van der Waals surface area contributed by atoms with Crippen molar-refractivity contribution in [2.75, 3.05) is 37.7 Å². The number of hydrogen-bond acceptors (Lipinski definition) is 4. The molecule has 0 aromatic rings. The molecule has 2 aliphatic rings. The van der Waals surface area contributed by atoms with Crippen LogP contribution >= 0.6 is 24.0 Å². The number of piperidine rings is 1. The SMILES string of the molecule is CCNC(=NCC1CCS(=O)(=O)C1)N1CCC(OC(C)(C)C)CC1.I. The Labute approximate surface area is 170 Å². The van der Waals surface area contributed by atoms with E-state index in [4.69, 9.17) is 9.73 Å². The van der Waals surface area contributed by atoms with Crippen LogP contribution in [0.1, 0.15) is 47.0 Å². The number of likely N-dealkylation sites (tertiary alicyclic amines) is 1. The maximum atomic E-state index is 11.6. The van der Waals surface area contributed by atoms with Crippen molar-refractivity contribution in [1.82, 2.24) is 10.2 Å². The minimum atomic E-state index is -2.83. The summed E-state index contributed by atoms with van der Waals surface area (Å²) in [6.07, 6.45) is 3.05. The van der Waals surface area contributed by atoms with Crippen LogP contribution in [0.25, 0.3) is 0 Å². The number of sulfone groups is 1. The molecule has 2 fully saturated rings. The third kappa shape index (κ3) is 7.99. The molecule has 1 N–H and O–H groups in total. The van der Waals surface area contributed by atoms with Crippen LogP contribution in [0.4, 0.5) is 0 Å². The van der Waals surface area contributed by atoms with Gasteiger partial charge in [-0.3, -0.25) is 4.99 Å². The summed E-state index contributed by atoms with van der Waals surface area (Å²) in [5.41, 5.74) is -0.0978. The Balaban J connectivity index is 0.00000312. The van der Waals surface area contributed by atoms with Gasteiger partial charge in [0.15, 0.2) is 15.8 Å². The molecular formula is C17H34IN3O3S. The minimum absolute atomic E-state index is 0. The molecule has 0 aliphatic carbocycles. The molecule has 0 amide bonds. The molecule has 6 nitrogen and oxygen atoms in total. The Bertz CT molecular complexity index is 538. The van der Waals surface area contributed by atoms with Gasteiger partial charge in [-0.25, -0.2) is 8.42 Å². The van der Waals surface area contributed by atoms with Gasteiger partial charge in [0.25, 0.3) is 0 Å². The molecule has 2 rings (SSSR count). The molecule has 0 bridgehead atoms. The van der Waals surface area contributed by atoms with Gasteiger partial charge in [-0.05, 0) is 52.9 Å². The first-order valence-corrected chi connectivity index (χ1v) is 10.9. The summed E-state index contributed by atoms with van der Waals surface area (Å²) in [5, 5.41) is 3.35. The second kappa shape index (κ2) is 9.73. The average Bonchev–Trinajstić information content (AvgIpc) is 2.82. The molecule has 2 saturated heterocycles. The Morgan fingerprint density at radius 1 is 1.24 bits per heavy atom. The lowest BCUT2D eigenvalue weighted by atomic mass is 10.1. The normalized spacial score (nSPS) is 24.9. The predicted octanol–water partition coefficient (Wildman–Crippen LogP) is 2.28. The van der Waals surface area contributed by atoms with E-state index in [-0.39, 0.29) is 41.2 Å². The highest BCUT2D eigenvalue weighted by molar-refractivity contribution is 14.0. The number of halogens is 1. The van der Waals surface area contributed by atoms with E-state index in [0.717, 1.165) is 44.9 Å². The van der Waals surface area contributed by atoms with Crippen LogP contribution in [-0.2, 0) is 14.6 Å². The second-order valence-electron chi connectivity index (χ2n) is 7.88. The van der Waals surface area contributed by atoms with Crippen molar-refractivity contribution in [1.29, 1.82) is 0 Å². The largest absolute Gasteiger partial charge is 0.372 e. The van der Waals surface area contributed by atoms with Crippen molar-refractivity contribution in [2.24, 2.45) is 10.9 Å². The fraction of sp³-hybridized carbons (Fsp3) is 0.941. The van der Waals surface area contributed by atoms with E-state index in [1.807, 2.05) is 0 Å². The minimum Gasteiger partial charge on any atom is -0.372 e. The topological polar surface area (TPSA) is 71.0 Å². The molecule has 2 aliphatic heterocycles. The maximum Gasteiger partial charge on any atom is 0.193 e. The zero-order valence-electron chi connectivity index (χ0n) is 16.0. The highest BCUT2D eigenvalue weighted by Crippen LogP contribution is 2.21. The molecule has 25 heavy (non-hydrogen) atoms. The van der Waals surface area contributed by atoms with Crippen LogP contribution in [0.15, 0.2) is 4.99 Å². The van der Waals surface area contributed by atoms with Crippen molar-refractivity contribution in [3.8, 4) is 0 Å². The quantitative estimate of drug-likeness (QED) is 0.375. The van der Waals surface area contributed by atoms with Gasteiger partial charge in [-0.2, -0.15) is 0 Å². The Hall–Kier alpha value is -0.0900. The molecule has 148 valence electrons. The summed E-state index contributed by atoms with van der Waals surface area (Å²) in [6.45, 7) is 11.6. The number of nitrogens with one attached hydrogen (secondary N) is 1. The molecule has 0 radical (unpaired) electrons. The summed E-state index contributed by atoms with van der Waals surface area (Å²) in [4.78, 5) is 6.98. The van der Waals surface area contributed by atoms with Gasteiger partial charge in [0.1, 0.15) is 0 Å². The van der Waals surface area contributed by atoms with Crippen molar-refractivity contribution >= 4 is 39.8 Å². The molecule has 8 heteroatoms. The summed E-state index contributed by atoms with van der Waals surface area (Å²) >= 11 is 0. The van der Waals surface area contributed by atoms with E-state index in [9.17, 15) is 8.42 Å². The molecule has 2 heterocycles. The monoisotopic (exact) mass is 487 g/mol. The van der Waals surface area contributed by atoms with Crippen LogP contribution in [-0.4, -0.2) is 68.7 Å². The number of ether oxygens (including phenoxy) is 1. The second-order valence-corrected chi connectivity index (χ2v) is 10.1. The van der Waals surface area contributed by atoms with Gasteiger partial charge in [-0.15, -0.1) is 24.0 Å². The van der Waals surface area contributed by atoms with E-state index in [2.05, 4.69) is 37.9 Å². The Morgan fingerprint density at radius 3 is 2.36 bits per heavy atom. The highest BCUT2D eigenvalue weighted by Gasteiger charge is 2.29. The molecule has 0 aromatic heterocycles. The van der Waals surface area contributed by atoms with Crippen LogP contribution in [0.5, 0.6) is 0 Å². The zero-order valence-corrected chi connectivity index (χ0v) is 19.1. The van der Waals surface area contributed by atoms with Gasteiger partial charge in [0, 0.05) is 26.2 Å². The van der Waals surface area contributed by atoms with Gasteiger partial charge in [0.2, 0.25) is 0 Å². The first-order valence-electron chi connectivity index (χ1n) is 9.10. The Kier molecular flexibility index (Phi) is 8.93. The van der Waals surface area contributed by atoms with Gasteiger partial charge >= 0.3 is 0 Å². The van der Waals surface area contributed by atoms with Crippen molar-refractivity contribution in [3.63, 3.8) is 0 Å². The molecule has 0 spiro atoms. The third-order valence-electron chi connectivity index (χ3n) is 4.42. The van der Waals surface area contributed by atoms with E-state index in [1.54, 1.807) is 0 Å². The van der Waals surface area contributed by atoms with E-state index >= 15 is 0 Å². The predicted molar refractivity (Wildman–Crippen MR) is 114 cm³/mol. The standard InChI is InChI=1S/C17H33N3O3S.HI/c1-5-18-16(19-12-14-8-11-24(21,22)13-14)20-9-6-15(7-10-20)23-17(2,3)4;/h14-15H,5-13H2,1-4H3,(H,18,19);1H. The fourth-order valence-electron chi connectivity index (χ4n) is 3.34. The van der Waals surface area contributed by atoms with Crippen molar-refractivity contribution in [2.45, 2.75) is 58.7 Å². The molecule has 0 aromatic carbocycles. The number of rotatable bonds is 4. The van der Waals surface area contributed by atoms with Crippen molar-refractivity contribution < 1.29 is 13.2 Å². The van der Waals surface area contributed by atoms with Gasteiger partial charge in [-0.1, -0.05) is 0 Å². The average molecular weight is 487 g/mol. The lowest BCUT2D eigenvalue weighted by Crippen LogP contribution is -2.48. The summed E-state index contributed by atoms with van der Waals surface area (Å²) in [7, 11) is -2.83. The van der Waals surface area contributed by atoms with Gasteiger partial charge in [0.05, 0.1) is 23.2 Å². The van der Waals surface area contributed by atoms with Crippen LogP contribution in [0.2, 0.25) is 0 Å². The first-order chi connectivity index (χ1) is 11.2. The number of hydrogen-bond donors (Lipinski definition) is 1. The summed E-state index contributed by atoms with van der Waals surface area (Å²) < 4.78 is 29.2. The molecular weight excluding hydrogens is 453 g/mol. The van der Waals surface area contributed by atoms with Crippen LogP contribution in [0.3, 0.4) is 0 Å². The van der Waals surface area contributed by atoms with E-state index in [0.29, 0.717) is 18.4 Å². The first kappa shape index (κ1) is 23.0. The molecule has 0 saturated carbocycles. The molecule has 1 atom stereocenters. The van der Waals surface area contributed by atoms with E-state index in [1.165, 1.54) is 0 Å². The molecule has 1 unspecified atom stereocenters. The van der Waals surface area contributed by atoms with Crippen molar-refractivity contribution in [3.05, 3.63) is 0 Å². The number of aliphatic imine (C=N–C) groups is 1. The summed E-state index contributed by atoms with van der Waals surface area (Å²) in [6, 6.07) is 0. The van der Waals surface area contributed by atoms with Gasteiger partial charge < -0.3 is 15.0 Å². The third-order valence-corrected chi connectivity index (χ3v) is 6.26. The lowest BCUT2D eigenvalue weighted by Gasteiger charge is -2.37. The smallest absolute Gasteiger partial charge is 0.193 e. The van der Waals surface area contributed by atoms with E-state index < -0.39 is 9.84 Å². The summed E-state index contributed by atoms with van der Waals surface area (Å²) in [5.74, 6) is 1.69. The Morgan fingerprint density at radius 2 is 1.88 bits per heavy atom. The maximum absolute atomic E-state index is 11.6. The number of guanidine groups is 1. The number of nitrogens with zero attached hydrogens (tertiary/aromatic N) is 2. The van der Waals surface area contributed by atoms with Crippen LogP contribution < -0.4 is 5.32 Å². The highest BCUT2D eigenvalue weighted by atomic mass is 127.